The van der Waals surface area contributed by atoms with Crippen LogP contribution in [0, 0.1) is 0 Å². The van der Waals surface area contributed by atoms with E-state index in [1.807, 2.05) is 0 Å². The molecule has 6 nitrogen and oxygen atoms in total. The second-order valence-corrected chi connectivity index (χ2v) is 5.55. The second-order valence-electron chi connectivity index (χ2n) is 4.73. The number of halogens is 2. The molecule has 0 atom stereocenters. The van der Waals surface area contributed by atoms with Gasteiger partial charge in [-0.25, -0.2) is 9.69 Å². The van der Waals surface area contributed by atoms with Gasteiger partial charge in [-0.15, -0.1) is 0 Å². The van der Waals surface area contributed by atoms with Crippen molar-refractivity contribution in [3.63, 3.8) is 0 Å². The highest BCUT2D eigenvalue weighted by atomic mass is 35.5. The summed E-state index contributed by atoms with van der Waals surface area (Å²) in [7, 11) is 0. The van der Waals surface area contributed by atoms with Crippen molar-refractivity contribution >= 4 is 46.7 Å². The number of carbonyl (C=O) groups is 3. The van der Waals surface area contributed by atoms with Crippen molar-refractivity contribution in [2.75, 3.05) is 4.90 Å². The summed E-state index contributed by atoms with van der Waals surface area (Å²) in [6, 6.07) is 6.25. The molecular weight excluding hydrogens is 345 g/mol. The third-order valence-corrected chi connectivity index (χ3v) is 4.12. The molecule has 3 rings (SSSR count). The zero-order valence-electron chi connectivity index (χ0n) is 11.2. The SMILES string of the molecule is O=C(O)c1c(O)cccc1N1C(=O)c2cc(Cl)c(Cl)cc2C1=O. The summed E-state index contributed by atoms with van der Waals surface area (Å²) in [6.07, 6.45) is 0. The minimum atomic E-state index is -1.47. The van der Waals surface area contributed by atoms with Crippen LogP contribution in [0.5, 0.6) is 5.75 Å². The van der Waals surface area contributed by atoms with Crippen molar-refractivity contribution < 1.29 is 24.6 Å². The van der Waals surface area contributed by atoms with Crippen LogP contribution >= 0.6 is 23.2 Å². The van der Waals surface area contributed by atoms with Crippen molar-refractivity contribution in [1.29, 1.82) is 0 Å². The molecule has 0 saturated carbocycles. The molecule has 2 N–H and O–H groups in total. The normalized spacial score (nSPS) is 13.4. The molecule has 0 unspecified atom stereocenters. The number of amides is 2. The van der Waals surface area contributed by atoms with Crippen LogP contribution in [0.15, 0.2) is 30.3 Å². The van der Waals surface area contributed by atoms with Crippen LogP contribution in [0.3, 0.4) is 0 Å². The molecule has 2 aromatic rings. The lowest BCUT2D eigenvalue weighted by molar-refractivity contribution is 0.0695. The Kier molecular flexibility index (Phi) is 3.50. The zero-order valence-corrected chi connectivity index (χ0v) is 12.7. The number of aromatic hydroxyl groups is 1. The number of hydrogen-bond acceptors (Lipinski definition) is 4. The molecule has 0 fully saturated rings. The maximum Gasteiger partial charge on any atom is 0.341 e. The van der Waals surface area contributed by atoms with E-state index in [0.717, 1.165) is 6.07 Å². The Labute approximate surface area is 139 Å². The van der Waals surface area contributed by atoms with E-state index in [-0.39, 0.29) is 26.9 Å². The number of hydrogen-bond donors (Lipinski definition) is 2. The first kappa shape index (κ1) is 15.3. The molecule has 0 radical (unpaired) electrons. The molecule has 0 aliphatic carbocycles. The fourth-order valence-electron chi connectivity index (χ4n) is 2.39. The van der Waals surface area contributed by atoms with Gasteiger partial charge in [-0.05, 0) is 24.3 Å². The first-order valence-electron chi connectivity index (χ1n) is 6.26. The molecule has 0 aromatic heterocycles. The highest BCUT2D eigenvalue weighted by Gasteiger charge is 2.39. The maximum absolute atomic E-state index is 12.5. The van der Waals surface area contributed by atoms with Crippen LogP contribution in [0.2, 0.25) is 10.0 Å². The van der Waals surface area contributed by atoms with Crippen LogP contribution in [0.1, 0.15) is 31.1 Å². The molecule has 2 aromatic carbocycles. The quantitative estimate of drug-likeness (QED) is 0.810. The molecule has 0 bridgehead atoms. The smallest absolute Gasteiger partial charge is 0.341 e. The van der Waals surface area contributed by atoms with Crippen molar-refractivity contribution in [2.24, 2.45) is 0 Å². The van der Waals surface area contributed by atoms with Crippen LogP contribution in [-0.4, -0.2) is 28.0 Å². The van der Waals surface area contributed by atoms with Crippen molar-refractivity contribution in [3.05, 3.63) is 57.1 Å². The lowest BCUT2D eigenvalue weighted by Crippen LogP contribution is -2.31. The highest BCUT2D eigenvalue weighted by Crippen LogP contribution is 2.37. The zero-order chi connectivity index (χ0) is 16.9. The minimum Gasteiger partial charge on any atom is -0.507 e. The van der Waals surface area contributed by atoms with Gasteiger partial charge in [-0.2, -0.15) is 0 Å². The first-order valence-corrected chi connectivity index (χ1v) is 7.01. The van der Waals surface area contributed by atoms with Gasteiger partial charge in [0.2, 0.25) is 0 Å². The predicted molar refractivity (Wildman–Crippen MR) is 82.7 cm³/mol. The summed E-state index contributed by atoms with van der Waals surface area (Å²) in [5.74, 6) is -3.50. The van der Waals surface area contributed by atoms with Crippen molar-refractivity contribution in [1.82, 2.24) is 0 Å². The molecular formula is C15H7Cl2NO5. The van der Waals surface area contributed by atoms with E-state index in [2.05, 4.69) is 0 Å². The minimum absolute atomic E-state index is 0.0177. The molecule has 0 saturated heterocycles. The number of phenols is 1. The summed E-state index contributed by atoms with van der Waals surface area (Å²) in [6.45, 7) is 0. The molecule has 0 spiro atoms. The molecule has 8 heteroatoms. The molecule has 116 valence electrons. The largest absolute Gasteiger partial charge is 0.507 e. The molecule has 2 amide bonds. The monoisotopic (exact) mass is 351 g/mol. The number of rotatable bonds is 2. The van der Waals surface area contributed by atoms with Crippen LogP contribution in [-0.2, 0) is 0 Å². The highest BCUT2D eigenvalue weighted by molar-refractivity contribution is 6.44. The second kappa shape index (κ2) is 5.26. The third kappa shape index (κ3) is 2.23. The van der Waals surface area contributed by atoms with Gasteiger partial charge in [0, 0.05) is 0 Å². The van der Waals surface area contributed by atoms with Crippen molar-refractivity contribution in [2.45, 2.75) is 0 Å². The van der Waals surface area contributed by atoms with E-state index >= 15 is 0 Å². The van der Waals surface area contributed by atoms with Gasteiger partial charge in [0.1, 0.15) is 11.3 Å². The first-order chi connectivity index (χ1) is 10.8. The number of imide groups is 1. The number of carboxylic acid groups (broad SMARTS) is 1. The Morgan fingerprint density at radius 2 is 1.52 bits per heavy atom. The third-order valence-electron chi connectivity index (χ3n) is 3.40. The van der Waals surface area contributed by atoms with Gasteiger partial charge >= 0.3 is 5.97 Å². The summed E-state index contributed by atoms with van der Waals surface area (Å²) in [5, 5.41) is 19.2. The Bertz CT molecular complexity index is 853. The van der Waals surface area contributed by atoms with E-state index in [4.69, 9.17) is 23.2 Å². The average Bonchev–Trinajstić information content (AvgIpc) is 2.71. The lowest BCUT2D eigenvalue weighted by atomic mass is 10.1. The fourth-order valence-corrected chi connectivity index (χ4v) is 2.71. The van der Waals surface area contributed by atoms with Crippen LogP contribution < -0.4 is 4.90 Å². The summed E-state index contributed by atoms with van der Waals surface area (Å²) in [5.41, 5.74) is -0.733. The van der Waals surface area contributed by atoms with E-state index in [9.17, 15) is 24.6 Å². The van der Waals surface area contributed by atoms with Gasteiger partial charge in [0.05, 0.1) is 26.9 Å². The maximum atomic E-state index is 12.5. The van der Waals surface area contributed by atoms with E-state index in [1.54, 1.807) is 0 Å². The Morgan fingerprint density at radius 3 is 2.00 bits per heavy atom. The fraction of sp³-hybridized carbons (Fsp3) is 0. The van der Waals surface area contributed by atoms with Gasteiger partial charge in [-0.3, -0.25) is 9.59 Å². The number of anilines is 1. The van der Waals surface area contributed by atoms with E-state index in [0.29, 0.717) is 4.90 Å². The number of aromatic carboxylic acids is 1. The number of nitrogens with zero attached hydrogens (tertiary/aromatic N) is 1. The molecule has 1 aliphatic heterocycles. The van der Waals surface area contributed by atoms with Crippen molar-refractivity contribution in [3.8, 4) is 5.75 Å². The Balaban J connectivity index is 2.21. The topological polar surface area (TPSA) is 94.9 Å². The van der Waals surface area contributed by atoms with E-state index in [1.165, 1.54) is 24.3 Å². The Morgan fingerprint density at radius 1 is 1.00 bits per heavy atom. The molecule has 1 aliphatic rings. The summed E-state index contributed by atoms with van der Waals surface area (Å²) >= 11 is 11.7. The number of carboxylic acids is 1. The van der Waals surface area contributed by atoms with Crippen LogP contribution in [0.25, 0.3) is 0 Å². The lowest BCUT2D eigenvalue weighted by Gasteiger charge is -2.16. The molecule has 1 heterocycles. The van der Waals surface area contributed by atoms with Gasteiger partial charge in [0.25, 0.3) is 11.8 Å². The van der Waals surface area contributed by atoms with E-state index < -0.39 is 29.1 Å². The number of carbonyl (C=O) groups excluding carboxylic acids is 2. The summed E-state index contributed by atoms with van der Waals surface area (Å²) in [4.78, 5) is 37.0. The standard InChI is InChI=1S/C15H7Cl2NO5/c16-8-4-6-7(5-9(8)17)14(21)18(13(6)20)10-2-1-3-11(19)12(10)15(22)23/h1-5,19H,(H,22,23). The molecule has 23 heavy (non-hydrogen) atoms. The van der Waals surface area contributed by atoms with Gasteiger partial charge in [0.15, 0.2) is 0 Å². The van der Waals surface area contributed by atoms with Gasteiger partial charge < -0.3 is 10.2 Å². The summed E-state index contributed by atoms with van der Waals surface area (Å²) < 4.78 is 0. The van der Waals surface area contributed by atoms with Gasteiger partial charge in [-0.1, -0.05) is 29.3 Å². The average molecular weight is 352 g/mol. The number of benzene rings is 2. The predicted octanol–water partition coefficient (Wildman–Crippen LogP) is 3.20. The Hall–Kier alpha value is -2.57. The number of fused-ring (bicyclic) bond motifs is 1. The van der Waals surface area contributed by atoms with Crippen LogP contribution in [0.4, 0.5) is 5.69 Å².